The quantitative estimate of drug-likeness (QED) is 0.447. The largest absolute Gasteiger partial charge is 0.487 e. The topological polar surface area (TPSA) is 26.3 Å². The average molecular weight is 293 g/mol. The van der Waals surface area contributed by atoms with Crippen molar-refractivity contribution in [1.29, 1.82) is 0 Å². The molecule has 0 aromatic heterocycles. The normalized spacial score (nSPS) is 17.6. The van der Waals surface area contributed by atoms with E-state index in [1.54, 1.807) is 0 Å². The van der Waals surface area contributed by atoms with Crippen molar-refractivity contribution in [2.45, 2.75) is 12.0 Å². The zero-order chi connectivity index (χ0) is 14.1. The Kier molecular flexibility index (Phi) is 4.10. The number of allylic oxidation sites excluding steroid dienone is 5. The second-order valence-corrected chi connectivity index (χ2v) is 3.45. The molecule has 0 amide bonds. The maximum atomic E-state index is 13.4. The molecule has 100 valence electrons. The molecule has 0 unspecified atom stereocenters. The minimum atomic E-state index is -4.56. The van der Waals surface area contributed by atoms with Crippen LogP contribution in [0.25, 0.3) is 0 Å². The number of halogens is 7. The Bertz CT molecular complexity index is 474. The molecule has 0 aromatic carbocycles. The highest BCUT2D eigenvalue weighted by Crippen LogP contribution is 2.37. The summed E-state index contributed by atoms with van der Waals surface area (Å²) in [6, 6.07) is -2.39. The molecule has 0 bridgehead atoms. The van der Waals surface area contributed by atoms with Crippen molar-refractivity contribution >= 4 is 17.6 Å². The zero-order valence-corrected chi connectivity index (χ0v) is 9.00. The van der Waals surface area contributed by atoms with Crippen LogP contribution in [-0.2, 0) is 9.53 Å². The molecule has 0 heterocycles. The maximum absolute atomic E-state index is 13.4. The minimum absolute atomic E-state index is 0.356. The summed E-state index contributed by atoms with van der Waals surface area (Å²) >= 11 is 4.26. The first-order chi connectivity index (χ1) is 8.13. The molecule has 18 heavy (non-hydrogen) atoms. The first kappa shape index (κ1) is 14.6. The van der Waals surface area contributed by atoms with Crippen molar-refractivity contribution in [2.24, 2.45) is 0 Å². The zero-order valence-electron chi connectivity index (χ0n) is 8.25. The molecule has 1 rings (SSSR count). The number of rotatable bonds is 3. The van der Waals surface area contributed by atoms with Crippen molar-refractivity contribution in [1.82, 2.24) is 0 Å². The summed E-state index contributed by atoms with van der Waals surface area (Å²) in [7, 11) is 0. The highest BCUT2D eigenvalue weighted by molar-refractivity contribution is 6.20. The number of carbonyl (C=O) groups excluding carboxylic acids is 1. The number of hydrogen-bond acceptors (Lipinski definition) is 2. The number of alkyl halides is 3. The Labute approximate surface area is 101 Å². The predicted octanol–water partition coefficient (Wildman–Crippen LogP) is 3.95. The lowest BCUT2D eigenvalue weighted by Gasteiger charge is -2.13. The molecule has 0 spiro atoms. The van der Waals surface area contributed by atoms with E-state index in [0.717, 1.165) is 0 Å². The SMILES string of the molecule is O=C(F)C1=CCC(F)=C(F)C(OC(F)(F)Cl)=C1F. The smallest absolute Gasteiger partial charge is 0.414 e. The van der Waals surface area contributed by atoms with Gasteiger partial charge in [-0.3, -0.25) is 4.79 Å². The van der Waals surface area contributed by atoms with Gasteiger partial charge in [-0.1, -0.05) is 6.08 Å². The fourth-order valence-electron chi connectivity index (χ4n) is 1.08. The molecule has 0 fully saturated rings. The van der Waals surface area contributed by atoms with Gasteiger partial charge in [0.1, 0.15) is 5.83 Å². The average Bonchev–Trinajstić information content (AvgIpc) is 2.30. The highest BCUT2D eigenvalue weighted by Gasteiger charge is 2.36. The van der Waals surface area contributed by atoms with Crippen molar-refractivity contribution < 1.29 is 35.9 Å². The van der Waals surface area contributed by atoms with Crippen LogP contribution in [0.3, 0.4) is 0 Å². The molecule has 0 atom stereocenters. The van der Waals surface area contributed by atoms with E-state index in [2.05, 4.69) is 16.3 Å². The van der Waals surface area contributed by atoms with Gasteiger partial charge in [-0.2, -0.15) is 8.78 Å². The number of ether oxygens (including phenoxy) is 1. The van der Waals surface area contributed by atoms with E-state index in [9.17, 15) is 31.1 Å². The summed E-state index contributed by atoms with van der Waals surface area (Å²) in [6.07, 6.45) is -0.639. The molecule has 0 aliphatic heterocycles. The van der Waals surface area contributed by atoms with Gasteiger partial charge < -0.3 is 4.74 Å². The fourth-order valence-corrected chi connectivity index (χ4v) is 1.16. The van der Waals surface area contributed by atoms with Gasteiger partial charge in [-0.05, 0) is 0 Å². The third-order valence-corrected chi connectivity index (χ3v) is 1.87. The van der Waals surface area contributed by atoms with Gasteiger partial charge in [0.15, 0.2) is 11.7 Å². The molecule has 2 nitrogen and oxygen atoms in total. The van der Waals surface area contributed by atoms with Crippen LogP contribution in [0.15, 0.2) is 34.9 Å². The second kappa shape index (κ2) is 5.05. The van der Waals surface area contributed by atoms with Gasteiger partial charge in [-0.15, -0.1) is 8.78 Å². The third kappa shape index (κ3) is 3.28. The summed E-state index contributed by atoms with van der Waals surface area (Å²) in [6.45, 7) is 0. The molecule has 0 saturated heterocycles. The molecule has 0 radical (unpaired) electrons. The Balaban J connectivity index is 3.35. The molecule has 1 aliphatic rings. The highest BCUT2D eigenvalue weighted by atomic mass is 35.5. The summed E-state index contributed by atoms with van der Waals surface area (Å²) < 4.78 is 79.7. The molecule has 9 heteroatoms. The lowest BCUT2D eigenvalue weighted by Crippen LogP contribution is -2.14. The van der Waals surface area contributed by atoms with Crippen molar-refractivity contribution in [2.75, 3.05) is 0 Å². The van der Waals surface area contributed by atoms with E-state index in [4.69, 9.17) is 0 Å². The van der Waals surface area contributed by atoms with Crippen LogP contribution in [0.4, 0.5) is 26.3 Å². The predicted molar refractivity (Wildman–Crippen MR) is 48.1 cm³/mol. The fraction of sp³-hybridized carbons (Fsp3) is 0.222. The minimum Gasteiger partial charge on any atom is -0.414 e. The summed E-state index contributed by atoms with van der Waals surface area (Å²) in [5.74, 6) is -7.91. The van der Waals surface area contributed by atoms with E-state index in [-0.39, 0.29) is 0 Å². The van der Waals surface area contributed by atoms with E-state index < -0.39 is 46.8 Å². The van der Waals surface area contributed by atoms with E-state index in [1.807, 2.05) is 0 Å². The number of hydrogen-bond donors (Lipinski definition) is 0. The van der Waals surface area contributed by atoms with Crippen LogP contribution < -0.4 is 0 Å². The standard InChI is InChI=1S/C9H3ClF6O2/c10-9(15,16)18-7-5(12)3(8(14)17)1-2-4(11)6(7)13/h1H,2H2. The van der Waals surface area contributed by atoms with Crippen molar-refractivity contribution in [3.05, 3.63) is 34.9 Å². The van der Waals surface area contributed by atoms with Crippen molar-refractivity contribution in [3.8, 4) is 0 Å². The summed E-state index contributed by atoms with van der Waals surface area (Å²) in [4.78, 5) is 10.3. The van der Waals surface area contributed by atoms with Crippen LogP contribution in [0.5, 0.6) is 0 Å². The van der Waals surface area contributed by atoms with Crippen LogP contribution >= 0.6 is 11.6 Å². The van der Waals surface area contributed by atoms with Gasteiger partial charge in [0, 0.05) is 18.0 Å². The third-order valence-electron chi connectivity index (χ3n) is 1.79. The van der Waals surface area contributed by atoms with Crippen LogP contribution in [-0.4, -0.2) is 11.6 Å². The van der Waals surface area contributed by atoms with E-state index in [0.29, 0.717) is 6.08 Å². The molecular weight excluding hydrogens is 290 g/mol. The van der Waals surface area contributed by atoms with Gasteiger partial charge >= 0.3 is 11.6 Å². The first-order valence-corrected chi connectivity index (χ1v) is 4.61. The van der Waals surface area contributed by atoms with Crippen molar-refractivity contribution in [3.63, 3.8) is 0 Å². The Morgan fingerprint density at radius 3 is 2.28 bits per heavy atom. The lowest BCUT2D eigenvalue weighted by molar-refractivity contribution is -0.142. The summed E-state index contributed by atoms with van der Waals surface area (Å²) in [5.41, 5.74) is -5.98. The Hall–Kier alpha value is -1.44. The molecule has 1 aliphatic carbocycles. The number of carbonyl (C=O) groups is 1. The monoisotopic (exact) mass is 292 g/mol. The first-order valence-electron chi connectivity index (χ1n) is 4.24. The molecule has 0 N–H and O–H groups in total. The summed E-state index contributed by atoms with van der Waals surface area (Å²) in [5, 5.41) is 0. The molecular formula is C9H3ClF6O2. The van der Waals surface area contributed by atoms with Crippen LogP contribution in [0.2, 0.25) is 0 Å². The van der Waals surface area contributed by atoms with Gasteiger partial charge in [0.05, 0.1) is 5.57 Å². The maximum Gasteiger partial charge on any atom is 0.487 e. The van der Waals surface area contributed by atoms with Gasteiger partial charge in [-0.25, -0.2) is 8.78 Å². The van der Waals surface area contributed by atoms with Gasteiger partial charge in [0.25, 0.3) is 0 Å². The Morgan fingerprint density at radius 2 is 1.83 bits per heavy atom. The van der Waals surface area contributed by atoms with E-state index >= 15 is 0 Å². The Morgan fingerprint density at radius 1 is 1.28 bits per heavy atom. The molecule has 0 saturated carbocycles. The van der Waals surface area contributed by atoms with Crippen LogP contribution in [0, 0.1) is 0 Å². The van der Waals surface area contributed by atoms with E-state index in [1.165, 1.54) is 0 Å². The van der Waals surface area contributed by atoms with Gasteiger partial charge in [0.2, 0.25) is 5.76 Å². The lowest BCUT2D eigenvalue weighted by atomic mass is 10.2. The van der Waals surface area contributed by atoms with Crippen LogP contribution in [0.1, 0.15) is 6.42 Å². The second-order valence-electron chi connectivity index (χ2n) is 3.01. The molecule has 0 aromatic rings.